The molecule has 0 amide bonds. The SMILES string of the molecule is CC(C)CNc1nc(N)c([N+](=O)[O-])c(N2CCC[C@@H](C)C2)n1. The summed E-state index contributed by atoms with van der Waals surface area (Å²) in [4.78, 5) is 21.2. The van der Waals surface area contributed by atoms with E-state index < -0.39 is 4.92 Å². The fraction of sp³-hybridized carbons (Fsp3) is 0.714. The van der Waals surface area contributed by atoms with Gasteiger partial charge in [0.05, 0.1) is 4.92 Å². The molecule has 1 aliphatic heterocycles. The van der Waals surface area contributed by atoms with Gasteiger partial charge in [-0.2, -0.15) is 9.97 Å². The van der Waals surface area contributed by atoms with Gasteiger partial charge in [0.1, 0.15) is 0 Å². The Labute approximate surface area is 130 Å². The van der Waals surface area contributed by atoms with Crippen LogP contribution in [-0.4, -0.2) is 34.5 Å². The van der Waals surface area contributed by atoms with E-state index in [-0.39, 0.29) is 11.5 Å². The molecule has 3 N–H and O–H groups in total. The molecule has 0 bridgehead atoms. The average molecular weight is 308 g/mol. The number of piperidine rings is 1. The van der Waals surface area contributed by atoms with Gasteiger partial charge >= 0.3 is 5.69 Å². The van der Waals surface area contributed by atoms with Crippen molar-refractivity contribution in [2.24, 2.45) is 11.8 Å². The quantitative estimate of drug-likeness (QED) is 0.634. The molecule has 2 rings (SSSR count). The number of nitro groups is 1. The first-order valence-corrected chi connectivity index (χ1v) is 7.69. The summed E-state index contributed by atoms with van der Waals surface area (Å²) in [6.07, 6.45) is 2.13. The van der Waals surface area contributed by atoms with Crippen LogP contribution >= 0.6 is 0 Å². The maximum atomic E-state index is 11.3. The Morgan fingerprint density at radius 3 is 2.82 bits per heavy atom. The molecule has 1 saturated heterocycles. The van der Waals surface area contributed by atoms with Crippen molar-refractivity contribution in [3.63, 3.8) is 0 Å². The molecule has 8 heteroatoms. The monoisotopic (exact) mass is 308 g/mol. The highest BCUT2D eigenvalue weighted by Crippen LogP contribution is 2.34. The van der Waals surface area contributed by atoms with Crippen molar-refractivity contribution in [3.05, 3.63) is 10.1 Å². The number of hydrogen-bond acceptors (Lipinski definition) is 7. The number of nitrogens with zero attached hydrogens (tertiary/aromatic N) is 4. The van der Waals surface area contributed by atoms with Gasteiger partial charge in [-0.15, -0.1) is 0 Å². The standard InChI is InChI=1S/C14H24N6O2/c1-9(2)7-16-14-17-12(15)11(20(21)22)13(18-14)19-6-4-5-10(3)8-19/h9-10H,4-8H2,1-3H3,(H3,15,16,17,18)/t10-/m1/s1. The zero-order chi connectivity index (χ0) is 16.3. The van der Waals surface area contributed by atoms with E-state index in [9.17, 15) is 10.1 Å². The van der Waals surface area contributed by atoms with Gasteiger partial charge in [-0.05, 0) is 24.7 Å². The number of anilines is 3. The lowest BCUT2D eigenvalue weighted by Gasteiger charge is -2.31. The van der Waals surface area contributed by atoms with Crippen molar-refractivity contribution in [3.8, 4) is 0 Å². The highest BCUT2D eigenvalue weighted by molar-refractivity contribution is 5.71. The third kappa shape index (κ3) is 3.75. The molecule has 1 fully saturated rings. The van der Waals surface area contributed by atoms with Crippen LogP contribution in [0.25, 0.3) is 0 Å². The van der Waals surface area contributed by atoms with Gasteiger partial charge in [0.2, 0.25) is 17.6 Å². The molecule has 1 atom stereocenters. The smallest absolute Gasteiger partial charge is 0.353 e. The summed E-state index contributed by atoms with van der Waals surface area (Å²) in [7, 11) is 0. The van der Waals surface area contributed by atoms with Gasteiger partial charge in [-0.1, -0.05) is 20.8 Å². The molecular formula is C14H24N6O2. The number of nitrogen functional groups attached to an aromatic ring is 1. The van der Waals surface area contributed by atoms with E-state index in [4.69, 9.17) is 5.73 Å². The third-order valence-electron chi connectivity index (χ3n) is 3.70. The van der Waals surface area contributed by atoms with Gasteiger partial charge in [0.25, 0.3) is 0 Å². The van der Waals surface area contributed by atoms with Crippen molar-refractivity contribution in [2.75, 3.05) is 35.6 Å². The fourth-order valence-electron chi connectivity index (χ4n) is 2.61. The molecule has 0 radical (unpaired) electrons. The van der Waals surface area contributed by atoms with Gasteiger partial charge in [-0.25, -0.2) is 0 Å². The summed E-state index contributed by atoms with van der Waals surface area (Å²) in [5.41, 5.74) is 5.62. The summed E-state index contributed by atoms with van der Waals surface area (Å²) in [5.74, 6) is 1.50. The van der Waals surface area contributed by atoms with Crippen LogP contribution in [0, 0.1) is 22.0 Å². The van der Waals surface area contributed by atoms with Crippen molar-refractivity contribution < 1.29 is 4.92 Å². The molecule has 8 nitrogen and oxygen atoms in total. The maximum absolute atomic E-state index is 11.3. The maximum Gasteiger partial charge on any atom is 0.353 e. The number of rotatable bonds is 5. The zero-order valence-electron chi connectivity index (χ0n) is 13.4. The van der Waals surface area contributed by atoms with E-state index in [1.807, 2.05) is 4.90 Å². The van der Waals surface area contributed by atoms with Crippen molar-refractivity contribution in [1.82, 2.24) is 9.97 Å². The molecule has 0 aliphatic carbocycles. The zero-order valence-corrected chi connectivity index (χ0v) is 13.4. The molecule has 122 valence electrons. The Morgan fingerprint density at radius 1 is 1.50 bits per heavy atom. The van der Waals surface area contributed by atoms with E-state index in [1.54, 1.807) is 0 Å². The highest BCUT2D eigenvalue weighted by Gasteiger charge is 2.29. The molecule has 0 aromatic carbocycles. The first-order valence-electron chi connectivity index (χ1n) is 7.69. The highest BCUT2D eigenvalue weighted by atomic mass is 16.6. The predicted molar refractivity (Wildman–Crippen MR) is 87.0 cm³/mol. The summed E-state index contributed by atoms with van der Waals surface area (Å²) in [5, 5.41) is 14.4. The third-order valence-corrected chi connectivity index (χ3v) is 3.70. The van der Waals surface area contributed by atoms with Gasteiger partial charge in [-0.3, -0.25) is 10.1 Å². The van der Waals surface area contributed by atoms with Crippen molar-refractivity contribution in [2.45, 2.75) is 33.6 Å². The van der Waals surface area contributed by atoms with Crippen molar-refractivity contribution >= 4 is 23.3 Å². The van der Waals surface area contributed by atoms with Crippen LogP contribution in [0.1, 0.15) is 33.6 Å². The minimum absolute atomic E-state index is 0.0838. The van der Waals surface area contributed by atoms with Crippen LogP contribution in [-0.2, 0) is 0 Å². The summed E-state index contributed by atoms with van der Waals surface area (Å²) < 4.78 is 0. The summed E-state index contributed by atoms with van der Waals surface area (Å²) in [6.45, 7) is 8.46. The van der Waals surface area contributed by atoms with Crippen LogP contribution in [0.4, 0.5) is 23.3 Å². The van der Waals surface area contributed by atoms with Gasteiger partial charge < -0.3 is 16.0 Å². The van der Waals surface area contributed by atoms with Crippen LogP contribution in [0.2, 0.25) is 0 Å². The molecule has 1 aromatic rings. The molecular weight excluding hydrogens is 284 g/mol. The Balaban J connectivity index is 2.36. The summed E-state index contributed by atoms with van der Waals surface area (Å²) >= 11 is 0. The van der Waals surface area contributed by atoms with Crippen LogP contribution in [0.5, 0.6) is 0 Å². The van der Waals surface area contributed by atoms with Crippen LogP contribution < -0.4 is 16.0 Å². The lowest BCUT2D eigenvalue weighted by Crippen LogP contribution is -2.35. The second-order valence-corrected chi connectivity index (χ2v) is 6.33. The number of nitrogens with two attached hydrogens (primary N) is 1. The Hall–Kier alpha value is -2.12. The van der Waals surface area contributed by atoms with E-state index in [2.05, 4.69) is 36.1 Å². The molecule has 1 aromatic heterocycles. The molecule has 22 heavy (non-hydrogen) atoms. The minimum atomic E-state index is -0.490. The van der Waals surface area contributed by atoms with E-state index in [1.165, 1.54) is 0 Å². The van der Waals surface area contributed by atoms with Crippen LogP contribution in [0.15, 0.2) is 0 Å². The minimum Gasteiger partial charge on any atom is -0.378 e. The number of aromatic nitrogens is 2. The lowest BCUT2D eigenvalue weighted by atomic mass is 10.0. The molecule has 1 aliphatic rings. The number of nitrogens with one attached hydrogen (secondary N) is 1. The van der Waals surface area contributed by atoms with Crippen molar-refractivity contribution in [1.29, 1.82) is 0 Å². The second kappa shape index (κ2) is 6.76. The Bertz CT molecular complexity index is 548. The van der Waals surface area contributed by atoms with Gasteiger partial charge in [0.15, 0.2) is 0 Å². The molecule has 0 saturated carbocycles. The van der Waals surface area contributed by atoms with Crippen LogP contribution in [0.3, 0.4) is 0 Å². The molecule has 0 spiro atoms. The molecule has 2 heterocycles. The van der Waals surface area contributed by atoms with E-state index >= 15 is 0 Å². The number of hydrogen-bond donors (Lipinski definition) is 2. The van der Waals surface area contributed by atoms with E-state index in [0.29, 0.717) is 30.1 Å². The fourth-order valence-corrected chi connectivity index (χ4v) is 2.61. The average Bonchev–Trinajstić information content (AvgIpc) is 2.44. The Kier molecular flexibility index (Phi) is 4.99. The first-order chi connectivity index (χ1) is 10.4. The first kappa shape index (κ1) is 16.3. The topological polar surface area (TPSA) is 110 Å². The second-order valence-electron chi connectivity index (χ2n) is 6.33. The summed E-state index contributed by atoms with van der Waals surface area (Å²) in [6, 6.07) is 0. The van der Waals surface area contributed by atoms with E-state index in [0.717, 1.165) is 25.9 Å². The normalized spacial score (nSPS) is 18.5. The van der Waals surface area contributed by atoms with Gasteiger partial charge in [0, 0.05) is 19.6 Å². The lowest BCUT2D eigenvalue weighted by molar-refractivity contribution is -0.383. The largest absolute Gasteiger partial charge is 0.378 e. The molecule has 0 unspecified atom stereocenters. The predicted octanol–water partition coefficient (Wildman–Crippen LogP) is 2.27. The Morgan fingerprint density at radius 2 is 2.23 bits per heavy atom.